The SMILES string of the molecule is CCCCN(C)C(=O)NC1CC(=O)N(c2ccc(OC)c(OC)c2)C1. The molecule has 1 N–H and O–H groups in total. The third-order valence-corrected chi connectivity index (χ3v) is 4.33. The molecule has 0 bridgehead atoms. The fourth-order valence-corrected chi connectivity index (χ4v) is 2.83. The number of rotatable bonds is 7. The number of ether oxygens (including phenoxy) is 2. The average Bonchev–Trinajstić information content (AvgIpc) is 2.98. The van der Waals surface area contributed by atoms with Gasteiger partial charge in [-0.3, -0.25) is 4.79 Å². The van der Waals surface area contributed by atoms with Gasteiger partial charge in [0, 0.05) is 38.3 Å². The van der Waals surface area contributed by atoms with Crippen LogP contribution in [0, 0.1) is 0 Å². The summed E-state index contributed by atoms with van der Waals surface area (Å²) in [5, 5.41) is 2.94. The van der Waals surface area contributed by atoms with Gasteiger partial charge in [-0.25, -0.2) is 4.79 Å². The molecule has 0 aliphatic carbocycles. The van der Waals surface area contributed by atoms with Crippen molar-refractivity contribution >= 4 is 17.6 Å². The van der Waals surface area contributed by atoms with Gasteiger partial charge in [0.25, 0.3) is 0 Å². The third kappa shape index (κ3) is 4.55. The number of methoxy groups -OCH3 is 2. The third-order valence-electron chi connectivity index (χ3n) is 4.33. The molecule has 25 heavy (non-hydrogen) atoms. The van der Waals surface area contributed by atoms with Crippen LogP contribution in [0.3, 0.4) is 0 Å². The zero-order chi connectivity index (χ0) is 18.4. The summed E-state index contributed by atoms with van der Waals surface area (Å²) < 4.78 is 10.5. The summed E-state index contributed by atoms with van der Waals surface area (Å²) in [5.41, 5.74) is 0.735. The molecular formula is C18H27N3O4. The summed E-state index contributed by atoms with van der Waals surface area (Å²) in [7, 11) is 4.90. The molecule has 1 heterocycles. The van der Waals surface area contributed by atoms with Gasteiger partial charge in [-0.1, -0.05) is 13.3 Å². The normalized spacial score (nSPS) is 16.7. The van der Waals surface area contributed by atoms with Gasteiger partial charge in [-0.15, -0.1) is 0 Å². The van der Waals surface area contributed by atoms with Crippen molar-refractivity contribution in [3.8, 4) is 11.5 Å². The Hall–Kier alpha value is -2.44. The highest BCUT2D eigenvalue weighted by molar-refractivity contribution is 5.97. The fraction of sp³-hybridized carbons (Fsp3) is 0.556. The first-order valence-electron chi connectivity index (χ1n) is 8.54. The topological polar surface area (TPSA) is 71.1 Å². The van der Waals surface area contributed by atoms with Crippen LogP contribution < -0.4 is 19.7 Å². The quantitative estimate of drug-likeness (QED) is 0.820. The molecule has 1 aliphatic heterocycles. The lowest BCUT2D eigenvalue weighted by Crippen LogP contribution is -2.44. The Bertz CT molecular complexity index is 620. The molecule has 3 amide bonds. The van der Waals surface area contributed by atoms with Gasteiger partial charge >= 0.3 is 6.03 Å². The maximum atomic E-state index is 12.4. The van der Waals surface area contributed by atoms with Crippen LogP contribution in [0.15, 0.2) is 18.2 Å². The Kier molecular flexibility index (Phi) is 6.50. The zero-order valence-corrected chi connectivity index (χ0v) is 15.4. The molecular weight excluding hydrogens is 322 g/mol. The van der Waals surface area contributed by atoms with Gasteiger partial charge < -0.3 is 24.6 Å². The number of carbonyl (C=O) groups excluding carboxylic acids is 2. The first-order valence-corrected chi connectivity index (χ1v) is 8.54. The van der Waals surface area contributed by atoms with Gasteiger partial charge in [0.15, 0.2) is 11.5 Å². The fourth-order valence-electron chi connectivity index (χ4n) is 2.83. The van der Waals surface area contributed by atoms with Crippen LogP contribution in [0.1, 0.15) is 26.2 Å². The first kappa shape index (κ1) is 18.9. The number of nitrogens with zero attached hydrogens (tertiary/aromatic N) is 2. The predicted octanol–water partition coefficient (Wildman–Crippen LogP) is 2.25. The summed E-state index contributed by atoms with van der Waals surface area (Å²) >= 11 is 0. The second kappa shape index (κ2) is 8.60. The lowest BCUT2D eigenvalue weighted by atomic mass is 10.2. The highest BCUT2D eigenvalue weighted by Gasteiger charge is 2.32. The van der Waals surface area contributed by atoms with Crippen molar-refractivity contribution in [3.05, 3.63) is 18.2 Å². The van der Waals surface area contributed by atoms with Crippen LogP contribution in [-0.4, -0.2) is 57.2 Å². The molecule has 1 atom stereocenters. The van der Waals surface area contributed by atoms with Crippen molar-refractivity contribution < 1.29 is 19.1 Å². The van der Waals surface area contributed by atoms with Crippen molar-refractivity contribution in [1.29, 1.82) is 0 Å². The maximum Gasteiger partial charge on any atom is 0.317 e. The molecule has 7 nitrogen and oxygen atoms in total. The first-order chi connectivity index (χ1) is 12.0. The Morgan fingerprint density at radius 3 is 2.68 bits per heavy atom. The van der Waals surface area contributed by atoms with Crippen LogP contribution >= 0.6 is 0 Å². The molecule has 1 saturated heterocycles. The van der Waals surface area contributed by atoms with Crippen molar-refractivity contribution in [2.45, 2.75) is 32.2 Å². The molecule has 1 fully saturated rings. The maximum absolute atomic E-state index is 12.4. The molecule has 138 valence electrons. The van der Waals surface area contributed by atoms with E-state index >= 15 is 0 Å². The minimum Gasteiger partial charge on any atom is -0.493 e. The number of hydrogen-bond donors (Lipinski definition) is 1. The Labute approximate surface area is 148 Å². The second-order valence-corrected chi connectivity index (χ2v) is 6.17. The summed E-state index contributed by atoms with van der Waals surface area (Å²) in [6.45, 7) is 3.24. The van der Waals surface area contributed by atoms with E-state index in [1.807, 2.05) is 6.07 Å². The number of carbonyl (C=O) groups is 2. The van der Waals surface area contributed by atoms with Gasteiger partial charge in [0.05, 0.1) is 20.3 Å². The van der Waals surface area contributed by atoms with E-state index in [4.69, 9.17) is 9.47 Å². The minimum atomic E-state index is -0.197. The van der Waals surface area contributed by atoms with E-state index in [1.165, 1.54) is 0 Å². The highest BCUT2D eigenvalue weighted by atomic mass is 16.5. The number of unbranched alkanes of at least 4 members (excludes halogenated alkanes) is 1. The van der Waals surface area contributed by atoms with Gasteiger partial charge in [-0.05, 0) is 18.6 Å². The Morgan fingerprint density at radius 2 is 2.04 bits per heavy atom. The molecule has 1 aromatic carbocycles. The number of nitrogens with one attached hydrogen (secondary N) is 1. The summed E-state index contributed by atoms with van der Waals surface area (Å²) in [4.78, 5) is 27.9. The largest absolute Gasteiger partial charge is 0.493 e. The molecule has 2 rings (SSSR count). The molecule has 0 radical (unpaired) electrons. The summed E-state index contributed by atoms with van der Waals surface area (Å²) in [6.07, 6.45) is 2.29. The van der Waals surface area contributed by atoms with Crippen molar-refractivity contribution in [2.24, 2.45) is 0 Å². The smallest absolute Gasteiger partial charge is 0.317 e. The molecule has 1 unspecified atom stereocenters. The van der Waals surface area contributed by atoms with Crippen LogP contribution in [0.25, 0.3) is 0 Å². The molecule has 0 spiro atoms. The zero-order valence-electron chi connectivity index (χ0n) is 15.4. The van der Waals surface area contributed by atoms with E-state index in [0.29, 0.717) is 31.0 Å². The van der Waals surface area contributed by atoms with E-state index in [2.05, 4.69) is 12.2 Å². The van der Waals surface area contributed by atoms with Crippen LogP contribution in [0.2, 0.25) is 0 Å². The lowest BCUT2D eigenvalue weighted by Gasteiger charge is -2.21. The monoisotopic (exact) mass is 349 g/mol. The molecule has 1 aliphatic rings. The van der Waals surface area contributed by atoms with Crippen LogP contribution in [-0.2, 0) is 4.79 Å². The number of amides is 3. The van der Waals surface area contributed by atoms with E-state index in [9.17, 15) is 9.59 Å². The van der Waals surface area contributed by atoms with Gasteiger partial charge in [0.1, 0.15) is 0 Å². The van der Waals surface area contributed by atoms with E-state index in [0.717, 1.165) is 18.5 Å². The van der Waals surface area contributed by atoms with Crippen LogP contribution in [0.5, 0.6) is 11.5 Å². The molecule has 1 aromatic rings. The van der Waals surface area contributed by atoms with E-state index < -0.39 is 0 Å². The van der Waals surface area contributed by atoms with Gasteiger partial charge in [-0.2, -0.15) is 0 Å². The lowest BCUT2D eigenvalue weighted by molar-refractivity contribution is -0.117. The number of benzene rings is 1. The highest BCUT2D eigenvalue weighted by Crippen LogP contribution is 2.33. The number of anilines is 1. The van der Waals surface area contributed by atoms with Crippen LogP contribution in [0.4, 0.5) is 10.5 Å². The Balaban J connectivity index is 2.01. The van der Waals surface area contributed by atoms with Crippen molar-refractivity contribution in [3.63, 3.8) is 0 Å². The van der Waals surface area contributed by atoms with E-state index in [-0.39, 0.29) is 18.0 Å². The minimum absolute atomic E-state index is 0.0197. The molecule has 0 saturated carbocycles. The van der Waals surface area contributed by atoms with Crippen molar-refractivity contribution in [2.75, 3.05) is 39.3 Å². The predicted molar refractivity (Wildman–Crippen MR) is 96.4 cm³/mol. The molecule has 0 aromatic heterocycles. The average molecular weight is 349 g/mol. The van der Waals surface area contributed by atoms with E-state index in [1.54, 1.807) is 43.2 Å². The molecule has 7 heteroatoms. The van der Waals surface area contributed by atoms with Gasteiger partial charge in [0.2, 0.25) is 5.91 Å². The second-order valence-electron chi connectivity index (χ2n) is 6.17. The summed E-state index contributed by atoms with van der Waals surface area (Å²) in [5.74, 6) is 1.16. The Morgan fingerprint density at radius 1 is 1.32 bits per heavy atom. The summed E-state index contributed by atoms with van der Waals surface area (Å²) in [6, 6.07) is 5.02. The standard InChI is InChI=1S/C18H27N3O4/c1-5-6-9-20(2)18(23)19-13-10-17(22)21(12-13)14-7-8-15(24-3)16(11-14)25-4/h7-8,11,13H,5-6,9-10,12H2,1-4H3,(H,19,23). The number of urea groups is 1. The van der Waals surface area contributed by atoms with Crippen molar-refractivity contribution in [1.82, 2.24) is 10.2 Å². The number of hydrogen-bond acceptors (Lipinski definition) is 4.